The summed E-state index contributed by atoms with van der Waals surface area (Å²) < 4.78 is 11.2. The molecule has 2 aliphatic rings. The molecule has 33 heavy (non-hydrogen) atoms. The topological polar surface area (TPSA) is 97.6 Å². The molecular weight excluding hydrogens is 444 g/mol. The van der Waals surface area contributed by atoms with Crippen molar-refractivity contribution in [1.82, 2.24) is 20.2 Å². The van der Waals surface area contributed by atoms with Gasteiger partial charge in [-0.3, -0.25) is 9.59 Å². The third-order valence-electron chi connectivity index (χ3n) is 6.43. The van der Waals surface area contributed by atoms with Crippen molar-refractivity contribution in [3.63, 3.8) is 0 Å². The van der Waals surface area contributed by atoms with Crippen LogP contribution in [0.4, 0.5) is 0 Å². The third-order valence-corrected chi connectivity index (χ3v) is 6.64. The predicted octanol–water partition coefficient (Wildman–Crippen LogP) is 3.83. The van der Waals surface area contributed by atoms with Crippen molar-refractivity contribution in [2.24, 2.45) is 0 Å². The normalized spacial score (nSPS) is 22.5. The second kappa shape index (κ2) is 9.11. The van der Waals surface area contributed by atoms with Gasteiger partial charge in [-0.25, -0.2) is 4.98 Å². The molecule has 1 aromatic carbocycles. The Labute approximate surface area is 196 Å². The van der Waals surface area contributed by atoms with Crippen LogP contribution in [-0.4, -0.2) is 58.5 Å². The van der Waals surface area contributed by atoms with E-state index in [-0.39, 0.29) is 30.0 Å². The van der Waals surface area contributed by atoms with Gasteiger partial charge < -0.3 is 19.4 Å². The Morgan fingerprint density at radius 3 is 2.76 bits per heavy atom. The summed E-state index contributed by atoms with van der Waals surface area (Å²) in [7, 11) is 1.82. The van der Waals surface area contributed by atoms with E-state index in [0.717, 1.165) is 37.7 Å². The number of benzene rings is 1. The van der Waals surface area contributed by atoms with Crippen molar-refractivity contribution in [2.75, 3.05) is 13.7 Å². The highest BCUT2D eigenvalue weighted by molar-refractivity contribution is 6.30. The summed E-state index contributed by atoms with van der Waals surface area (Å²) in [5.74, 6) is 0.343. The summed E-state index contributed by atoms with van der Waals surface area (Å²) >= 11 is 5.96. The fraction of sp³-hybridized carbons (Fsp3) is 0.417. The zero-order valence-electron chi connectivity index (χ0n) is 18.3. The van der Waals surface area contributed by atoms with Crippen LogP contribution >= 0.6 is 11.6 Å². The van der Waals surface area contributed by atoms with E-state index in [0.29, 0.717) is 34.3 Å². The molecule has 1 aliphatic carbocycles. The maximum absolute atomic E-state index is 13.1. The van der Waals surface area contributed by atoms with Crippen molar-refractivity contribution in [3.05, 3.63) is 47.1 Å². The highest BCUT2D eigenvalue weighted by Crippen LogP contribution is 2.27. The molecule has 5 rings (SSSR count). The number of fused-ring (bicyclic) bond motifs is 1. The molecule has 2 aromatic heterocycles. The number of rotatable bonds is 5. The van der Waals surface area contributed by atoms with Gasteiger partial charge >= 0.3 is 0 Å². The Balaban J connectivity index is 1.21. The van der Waals surface area contributed by atoms with E-state index >= 15 is 0 Å². The molecule has 0 bridgehead atoms. The number of nitrogens with one attached hydrogen (secondary N) is 1. The van der Waals surface area contributed by atoms with Gasteiger partial charge in [0.2, 0.25) is 11.8 Å². The van der Waals surface area contributed by atoms with E-state index < -0.39 is 0 Å². The van der Waals surface area contributed by atoms with Crippen molar-refractivity contribution >= 4 is 34.6 Å². The second-order valence-corrected chi connectivity index (χ2v) is 9.10. The molecule has 2 amide bonds. The lowest BCUT2D eigenvalue weighted by Gasteiger charge is -2.25. The highest BCUT2D eigenvalue weighted by Gasteiger charge is 2.33. The number of carbonyl (C=O) groups excluding carboxylic acids is 2. The highest BCUT2D eigenvalue weighted by atomic mass is 35.5. The molecule has 1 unspecified atom stereocenters. The lowest BCUT2D eigenvalue weighted by Crippen LogP contribution is -2.41. The first-order valence-electron chi connectivity index (χ1n) is 11.2. The second-order valence-electron chi connectivity index (χ2n) is 8.66. The molecule has 1 saturated carbocycles. The molecule has 8 nitrogen and oxygen atoms in total. The number of ether oxygens (including phenoxy) is 1. The Hall–Kier alpha value is -2.97. The first kappa shape index (κ1) is 21.9. The lowest BCUT2D eigenvalue weighted by atomic mass is 10.1. The van der Waals surface area contributed by atoms with Crippen LogP contribution in [0.2, 0.25) is 5.02 Å². The average molecular weight is 469 g/mol. The molecule has 1 saturated heterocycles. The molecular formula is C24H25ClN4O4. The summed E-state index contributed by atoms with van der Waals surface area (Å²) in [6, 6.07) is 9.00. The Morgan fingerprint density at radius 1 is 1.18 bits per heavy atom. The van der Waals surface area contributed by atoms with Crippen molar-refractivity contribution in [3.8, 4) is 11.5 Å². The molecule has 3 heterocycles. The van der Waals surface area contributed by atoms with Gasteiger partial charge in [0, 0.05) is 49.1 Å². The standard InChI is InChI=1S/C24H25ClN4O4/c1-29(18-9-8-17(12-18)27-22(30)19-3-2-10-32-19)24(31)15-6-4-14(5-7-15)23-28-21-20(33-23)11-16(25)13-26-21/h4-7,11,13,17-19H,2-3,8-10,12H2,1H3,(H,27,30)/t17-,18+,19?/m0/s1. The number of amides is 2. The van der Waals surface area contributed by atoms with Gasteiger partial charge in [-0.2, -0.15) is 4.98 Å². The van der Waals surface area contributed by atoms with Gasteiger partial charge in [-0.15, -0.1) is 0 Å². The number of halogens is 1. The van der Waals surface area contributed by atoms with E-state index in [1.54, 1.807) is 23.1 Å². The number of nitrogens with zero attached hydrogens (tertiary/aromatic N) is 3. The van der Waals surface area contributed by atoms with E-state index in [9.17, 15) is 9.59 Å². The average Bonchev–Trinajstić information content (AvgIpc) is 3.58. The molecule has 9 heteroatoms. The maximum atomic E-state index is 13.1. The fourth-order valence-electron chi connectivity index (χ4n) is 4.56. The van der Waals surface area contributed by atoms with Gasteiger partial charge in [0.15, 0.2) is 11.2 Å². The number of hydrogen-bond acceptors (Lipinski definition) is 6. The maximum Gasteiger partial charge on any atom is 0.253 e. The number of carbonyl (C=O) groups is 2. The molecule has 0 radical (unpaired) electrons. The summed E-state index contributed by atoms with van der Waals surface area (Å²) in [5, 5.41) is 3.57. The first-order chi connectivity index (χ1) is 16.0. The van der Waals surface area contributed by atoms with E-state index in [4.69, 9.17) is 20.8 Å². The summed E-state index contributed by atoms with van der Waals surface area (Å²) in [5.41, 5.74) is 2.34. The molecule has 3 aromatic rings. The number of pyridine rings is 1. The van der Waals surface area contributed by atoms with E-state index in [1.165, 1.54) is 6.20 Å². The van der Waals surface area contributed by atoms with Crippen LogP contribution in [-0.2, 0) is 9.53 Å². The fourth-order valence-corrected chi connectivity index (χ4v) is 4.71. The summed E-state index contributed by atoms with van der Waals surface area (Å²) in [6.45, 7) is 0.652. The minimum absolute atomic E-state index is 0.0283. The SMILES string of the molecule is CN(C(=O)c1ccc(-c2nc3ncc(Cl)cc3o2)cc1)[C@@H]1CC[C@H](NC(=O)C2CCCO2)C1. The molecule has 2 fully saturated rings. The molecule has 1 aliphatic heterocycles. The Kier molecular flexibility index (Phi) is 6.03. The predicted molar refractivity (Wildman–Crippen MR) is 123 cm³/mol. The van der Waals surface area contributed by atoms with Crippen LogP contribution in [0.1, 0.15) is 42.5 Å². The van der Waals surface area contributed by atoms with Gasteiger partial charge in [-0.05, 0) is 56.4 Å². The Bertz CT molecular complexity index is 1170. The smallest absolute Gasteiger partial charge is 0.253 e. The van der Waals surface area contributed by atoms with Crippen LogP contribution < -0.4 is 5.32 Å². The zero-order chi connectivity index (χ0) is 22.9. The van der Waals surface area contributed by atoms with E-state index in [1.807, 2.05) is 19.2 Å². The largest absolute Gasteiger partial charge is 0.434 e. The number of hydrogen-bond donors (Lipinski definition) is 1. The third kappa shape index (κ3) is 4.58. The van der Waals surface area contributed by atoms with Gasteiger partial charge in [-0.1, -0.05) is 11.6 Å². The quantitative estimate of drug-likeness (QED) is 0.611. The van der Waals surface area contributed by atoms with Gasteiger partial charge in [0.1, 0.15) is 6.10 Å². The number of aromatic nitrogens is 2. The van der Waals surface area contributed by atoms with Crippen molar-refractivity contribution < 1.29 is 18.7 Å². The zero-order valence-corrected chi connectivity index (χ0v) is 19.0. The molecule has 0 spiro atoms. The summed E-state index contributed by atoms with van der Waals surface area (Å²) in [4.78, 5) is 35.7. The van der Waals surface area contributed by atoms with Crippen LogP contribution in [0.25, 0.3) is 22.7 Å². The minimum atomic E-state index is -0.323. The van der Waals surface area contributed by atoms with Gasteiger partial charge in [0.25, 0.3) is 5.91 Å². The van der Waals surface area contributed by atoms with Crippen LogP contribution in [0.5, 0.6) is 0 Å². The molecule has 172 valence electrons. The lowest BCUT2D eigenvalue weighted by molar-refractivity contribution is -0.130. The molecule has 3 atom stereocenters. The minimum Gasteiger partial charge on any atom is -0.434 e. The van der Waals surface area contributed by atoms with Gasteiger partial charge in [0.05, 0.1) is 5.02 Å². The van der Waals surface area contributed by atoms with E-state index in [2.05, 4.69) is 15.3 Å². The molecule has 1 N–H and O–H groups in total. The first-order valence-corrected chi connectivity index (χ1v) is 11.6. The van der Waals surface area contributed by atoms with Crippen LogP contribution in [0.3, 0.4) is 0 Å². The van der Waals surface area contributed by atoms with Crippen LogP contribution in [0, 0.1) is 0 Å². The van der Waals surface area contributed by atoms with Crippen molar-refractivity contribution in [2.45, 2.75) is 50.3 Å². The van der Waals surface area contributed by atoms with Crippen molar-refractivity contribution in [1.29, 1.82) is 0 Å². The van der Waals surface area contributed by atoms with Crippen LogP contribution in [0.15, 0.2) is 40.9 Å². The number of oxazole rings is 1. The monoisotopic (exact) mass is 468 g/mol. The summed E-state index contributed by atoms with van der Waals surface area (Å²) in [6.07, 6.45) is 5.37. The Morgan fingerprint density at radius 2 is 2.00 bits per heavy atom.